The van der Waals surface area contributed by atoms with Crippen molar-refractivity contribution in [3.63, 3.8) is 0 Å². The Kier molecular flexibility index (Phi) is 3.80. The van der Waals surface area contributed by atoms with Gasteiger partial charge in [-0.3, -0.25) is 14.1 Å². The Labute approximate surface area is 148 Å². The van der Waals surface area contributed by atoms with Crippen LogP contribution in [0.3, 0.4) is 0 Å². The maximum absolute atomic E-state index is 12.4. The van der Waals surface area contributed by atoms with Gasteiger partial charge in [0.25, 0.3) is 5.91 Å². The number of aromatic amines is 1. The Morgan fingerprint density at radius 3 is 2.62 bits per heavy atom. The Morgan fingerprint density at radius 2 is 1.92 bits per heavy atom. The van der Waals surface area contributed by atoms with E-state index in [9.17, 15) is 18.0 Å². The van der Waals surface area contributed by atoms with Gasteiger partial charge in [0.15, 0.2) is 5.58 Å². The SMILES string of the molecule is O=C(Nc1ccc2oc(=O)[nH]c2c1)c1ccc(N2CCCS2(=O)=O)cc1. The molecule has 2 heterocycles. The van der Waals surface area contributed by atoms with Crippen LogP contribution in [0.25, 0.3) is 11.1 Å². The number of benzene rings is 2. The van der Waals surface area contributed by atoms with Gasteiger partial charge in [0.1, 0.15) is 0 Å². The second kappa shape index (κ2) is 6.03. The third-order valence-corrected chi connectivity index (χ3v) is 6.06. The molecule has 1 aliphatic rings. The normalized spacial score (nSPS) is 16.1. The molecule has 26 heavy (non-hydrogen) atoms. The number of hydrogen-bond acceptors (Lipinski definition) is 5. The van der Waals surface area contributed by atoms with E-state index in [4.69, 9.17) is 4.42 Å². The first-order valence-electron chi connectivity index (χ1n) is 7.97. The summed E-state index contributed by atoms with van der Waals surface area (Å²) in [5, 5.41) is 2.73. The van der Waals surface area contributed by atoms with Crippen molar-refractivity contribution in [1.29, 1.82) is 0 Å². The number of fused-ring (bicyclic) bond motifs is 1. The fourth-order valence-corrected chi connectivity index (χ4v) is 4.51. The molecule has 1 aromatic heterocycles. The van der Waals surface area contributed by atoms with Crippen molar-refractivity contribution < 1.29 is 17.6 Å². The molecule has 0 aliphatic carbocycles. The molecule has 8 nitrogen and oxygen atoms in total. The average molecular weight is 373 g/mol. The summed E-state index contributed by atoms with van der Waals surface area (Å²) >= 11 is 0. The van der Waals surface area contributed by atoms with Gasteiger partial charge in [-0.15, -0.1) is 0 Å². The molecule has 4 rings (SSSR count). The molecule has 2 N–H and O–H groups in total. The highest BCUT2D eigenvalue weighted by Crippen LogP contribution is 2.24. The number of oxazole rings is 1. The molecule has 9 heteroatoms. The number of carbonyl (C=O) groups excluding carboxylic acids is 1. The van der Waals surface area contributed by atoms with E-state index in [1.165, 1.54) is 4.31 Å². The van der Waals surface area contributed by atoms with Gasteiger partial charge in [-0.05, 0) is 48.9 Å². The Morgan fingerprint density at radius 1 is 1.15 bits per heavy atom. The minimum atomic E-state index is -3.25. The Bertz CT molecular complexity index is 1150. The topological polar surface area (TPSA) is 112 Å². The second-order valence-electron chi connectivity index (χ2n) is 5.97. The minimum Gasteiger partial charge on any atom is -0.408 e. The number of amides is 1. The number of rotatable bonds is 3. The van der Waals surface area contributed by atoms with Crippen molar-refractivity contribution in [3.05, 3.63) is 58.6 Å². The second-order valence-corrected chi connectivity index (χ2v) is 7.98. The molecule has 134 valence electrons. The van der Waals surface area contributed by atoms with Crippen LogP contribution in [-0.4, -0.2) is 31.6 Å². The minimum absolute atomic E-state index is 0.147. The molecule has 1 fully saturated rings. The zero-order chi connectivity index (χ0) is 18.3. The van der Waals surface area contributed by atoms with Crippen LogP contribution < -0.4 is 15.4 Å². The van der Waals surface area contributed by atoms with Crippen molar-refractivity contribution in [2.24, 2.45) is 0 Å². The predicted molar refractivity (Wildman–Crippen MR) is 97.0 cm³/mol. The Hall–Kier alpha value is -3.07. The van der Waals surface area contributed by atoms with E-state index >= 15 is 0 Å². The van der Waals surface area contributed by atoms with E-state index in [-0.39, 0.29) is 11.7 Å². The van der Waals surface area contributed by atoms with Crippen LogP contribution in [0.4, 0.5) is 11.4 Å². The predicted octanol–water partition coefficient (Wildman–Crippen LogP) is 1.91. The van der Waals surface area contributed by atoms with Gasteiger partial charge in [-0.1, -0.05) is 0 Å². The van der Waals surface area contributed by atoms with Crippen LogP contribution in [0, 0.1) is 0 Å². The van der Waals surface area contributed by atoms with Gasteiger partial charge in [0.05, 0.1) is 17.0 Å². The zero-order valence-electron chi connectivity index (χ0n) is 13.6. The molecule has 0 radical (unpaired) electrons. The lowest BCUT2D eigenvalue weighted by Crippen LogP contribution is -2.25. The maximum atomic E-state index is 12.4. The van der Waals surface area contributed by atoms with Crippen LogP contribution in [0.15, 0.2) is 51.7 Å². The van der Waals surface area contributed by atoms with Crippen molar-refractivity contribution in [1.82, 2.24) is 4.98 Å². The van der Waals surface area contributed by atoms with Crippen molar-refractivity contribution in [2.45, 2.75) is 6.42 Å². The van der Waals surface area contributed by atoms with Gasteiger partial charge in [0.2, 0.25) is 10.0 Å². The Balaban J connectivity index is 1.53. The van der Waals surface area contributed by atoms with Gasteiger partial charge in [0, 0.05) is 17.8 Å². The zero-order valence-corrected chi connectivity index (χ0v) is 14.4. The van der Waals surface area contributed by atoms with Crippen LogP contribution in [0.1, 0.15) is 16.8 Å². The molecule has 0 atom stereocenters. The summed E-state index contributed by atoms with van der Waals surface area (Å²) in [7, 11) is -3.25. The number of nitrogens with zero attached hydrogens (tertiary/aromatic N) is 1. The molecular weight excluding hydrogens is 358 g/mol. The highest BCUT2D eigenvalue weighted by atomic mass is 32.2. The van der Waals surface area contributed by atoms with E-state index in [1.54, 1.807) is 42.5 Å². The van der Waals surface area contributed by atoms with Gasteiger partial charge >= 0.3 is 5.76 Å². The first kappa shape index (κ1) is 16.4. The molecular formula is C17H15N3O5S. The smallest absolute Gasteiger partial charge is 0.408 e. The first-order valence-corrected chi connectivity index (χ1v) is 9.58. The quantitative estimate of drug-likeness (QED) is 0.728. The van der Waals surface area contributed by atoms with Crippen LogP contribution in [0.2, 0.25) is 0 Å². The summed E-state index contributed by atoms with van der Waals surface area (Å²) in [6, 6.07) is 11.2. The van der Waals surface area contributed by atoms with E-state index in [1.807, 2.05) is 0 Å². The molecule has 0 unspecified atom stereocenters. The van der Waals surface area contributed by atoms with E-state index in [0.29, 0.717) is 41.0 Å². The van der Waals surface area contributed by atoms with Crippen LogP contribution in [-0.2, 0) is 10.0 Å². The molecule has 3 aromatic rings. The van der Waals surface area contributed by atoms with Gasteiger partial charge < -0.3 is 9.73 Å². The lowest BCUT2D eigenvalue weighted by molar-refractivity contribution is 0.102. The highest BCUT2D eigenvalue weighted by molar-refractivity contribution is 7.93. The standard InChI is InChI=1S/C17H15N3O5S/c21-16(18-12-4-7-15-14(10-12)19-17(22)25-15)11-2-5-13(6-3-11)20-8-1-9-26(20,23)24/h2-7,10H,1,8-9H2,(H,18,21)(H,19,22). The van der Waals surface area contributed by atoms with Crippen molar-refractivity contribution in [2.75, 3.05) is 21.9 Å². The third-order valence-electron chi connectivity index (χ3n) is 4.19. The van der Waals surface area contributed by atoms with Gasteiger partial charge in [-0.25, -0.2) is 13.2 Å². The van der Waals surface area contributed by atoms with Crippen molar-refractivity contribution in [3.8, 4) is 0 Å². The molecule has 1 aliphatic heterocycles. The number of nitrogens with one attached hydrogen (secondary N) is 2. The fraction of sp³-hybridized carbons (Fsp3) is 0.176. The van der Waals surface area contributed by atoms with Gasteiger partial charge in [-0.2, -0.15) is 0 Å². The monoisotopic (exact) mass is 373 g/mol. The molecule has 2 aromatic carbocycles. The highest BCUT2D eigenvalue weighted by Gasteiger charge is 2.28. The van der Waals surface area contributed by atoms with E-state index in [0.717, 1.165) is 0 Å². The van der Waals surface area contributed by atoms with E-state index < -0.39 is 15.8 Å². The van der Waals surface area contributed by atoms with E-state index in [2.05, 4.69) is 10.3 Å². The number of H-pyrrole nitrogens is 1. The summed E-state index contributed by atoms with van der Waals surface area (Å²) in [6.07, 6.45) is 0.600. The molecule has 0 bridgehead atoms. The third kappa shape index (κ3) is 2.97. The number of hydrogen-bond donors (Lipinski definition) is 2. The summed E-state index contributed by atoms with van der Waals surface area (Å²) in [5.74, 6) is -0.754. The molecule has 1 amide bonds. The fourth-order valence-electron chi connectivity index (χ4n) is 2.94. The molecule has 1 saturated heterocycles. The first-order chi connectivity index (χ1) is 12.4. The average Bonchev–Trinajstić information content (AvgIpc) is 3.15. The number of carbonyl (C=O) groups is 1. The van der Waals surface area contributed by atoms with Crippen LogP contribution >= 0.6 is 0 Å². The molecule has 0 spiro atoms. The summed E-state index contributed by atoms with van der Waals surface area (Å²) in [6.45, 7) is 0.455. The number of sulfonamides is 1. The summed E-state index contributed by atoms with van der Waals surface area (Å²) in [4.78, 5) is 26.1. The molecule has 0 saturated carbocycles. The number of anilines is 2. The lowest BCUT2D eigenvalue weighted by atomic mass is 10.2. The lowest BCUT2D eigenvalue weighted by Gasteiger charge is -2.17. The summed E-state index contributed by atoms with van der Waals surface area (Å²) in [5.41, 5.74) is 2.35. The number of aromatic nitrogens is 1. The van der Waals surface area contributed by atoms with Crippen LogP contribution in [0.5, 0.6) is 0 Å². The maximum Gasteiger partial charge on any atom is 0.417 e. The largest absolute Gasteiger partial charge is 0.417 e. The summed E-state index contributed by atoms with van der Waals surface area (Å²) < 4.78 is 30.2. The van der Waals surface area contributed by atoms with Crippen molar-refractivity contribution >= 4 is 38.4 Å².